The maximum Gasteiger partial charge on any atom is 0.122 e. The number of aliphatic hydroxyl groups excluding tert-OH is 1. The lowest BCUT2D eigenvalue weighted by Crippen LogP contribution is -2.35. The minimum absolute atomic E-state index is 0.142. The molecule has 2 unspecified atom stereocenters. The van der Waals surface area contributed by atoms with Crippen LogP contribution in [0.5, 0.6) is 0 Å². The first-order valence-corrected chi connectivity index (χ1v) is 8.58. The Labute approximate surface area is 147 Å². The van der Waals surface area contributed by atoms with Crippen LogP contribution in [0.2, 0.25) is 5.02 Å². The minimum Gasteiger partial charge on any atom is -0.395 e. The highest BCUT2D eigenvalue weighted by molar-refractivity contribution is 6.30. The molecule has 1 aliphatic rings. The molecule has 0 bridgehead atoms. The van der Waals surface area contributed by atoms with Gasteiger partial charge in [-0.25, -0.2) is 10.4 Å². The van der Waals surface area contributed by atoms with Crippen LogP contribution < -0.4 is 10.9 Å². The Morgan fingerprint density at radius 3 is 2.83 bits per heavy atom. The number of aryl methyl sites for hydroxylation is 1. The third-order valence-corrected chi connectivity index (χ3v) is 4.77. The number of halogens is 1. The van der Waals surface area contributed by atoms with Crippen LogP contribution in [0, 0.1) is 5.92 Å². The molecular formula is C17H24ClN5O. The van der Waals surface area contributed by atoms with Crippen LogP contribution >= 0.6 is 11.6 Å². The quantitative estimate of drug-likeness (QED) is 0.704. The Kier molecular flexibility index (Phi) is 5.86. The standard InChI is InChI=1S/C17H24ClN5O/c1-22-7-6-19-16(22)12-23(8-9-24)11-14-10-20-21-17(14)13-2-4-15(18)5-3-13/h2-7,14,17,20-21,24H,8-12H2,1H3. The van der Waals surface area contributed by atoms with Crippen molar-refractivity contribution in [3.63, 3.8) is 0 Å². The molecule has 0 amide bonds. The van der Waals surface area contributed by atoms with E-state index in [-0.39, 0.29) is 12.6 Å². The summed E-state index contributed by atoms with van der Waals surface area (Å²) in [5, 5.41) is 10.2. The van der Waals surface area contributed by atoms with Crippen molar-refractivity contribution in [2.45, 2.75) is 12.6 Å². The summed E-state index contributed by atoms with van der Waals surface area (Å²) in [6, 6.07) is 8.20. The van der Waals surface area contributed by atoms with Crippen molar-refractivity contribution in [3.8, 4) is 0 Å². The van der Waals surface area contributed by atoms with E-state index in [4.69, 9.17) is 11.6 Å². The lowest BCUT2D eigenvalue weighted by Gasteiger charge is -2.27. The summed E-state index contributed by atoms with van der Waals surface area (Å²) in [5.41, 5.74) is 7.84. The number of hydrogen-bond donors (Lipinski definition) is 3. The van der Waals surface area contributed by atoms with Crippen molar-refractivity contribution in [2.24, 2.45) is 13.0 Å². The van der Waals surface area contributed by atoms with Gasteiger partial charge in [-0.15, -0.1) is 0 Å². The molecule has 1 fully saturated rings. The molecule has 0 radical (unpaired) electrons. The number of benzene rings is 1. The van der Waals surface area contributed by atoms with Crippen molar-refractivity contribution < 1.29 is 5.11 Å². The van der Waals surface area contributed by atoms with Crippen LogP contribution in [0.4, 0.5) is 0 Å². The van der Waals surface area contributed by atoms with E-state index in [0.29, 0.717) is 12.5 Å². The lowest BCUT2D eigenvalue weighted by molar-refractivity contribution is 0.163. The molecule has 6 nitrogen and oxygen atoms in total. The van der Waals surface area contributed by atoms with E-state index in [1.807, 2.05) is 36.1 Å². The fourth-order valence-electron chi connectivity index (χ4n) is 3.19. The maximum absolute atomic E-state index is 9.41. The summed E-state index contributed by atoms with van der Waals surface area (Å²) in [4.78, 5) is 6.65. The highest BCUT2D eigenvalue weighted by Crippen LogP contribution is 2.27. The first-order chi connectivity index (χ1) is 11.7. The molecule has 1 aromatic heterocycles. The molecule has 2 aromatic rings. The third kappa shape index (κ3) is 4.15. The van der Waals surface area contributed by atoms with Crippen molar-refractivity contribution in [1.82, 2.24) is 25.3 Å². The largest absolute Gasteiger partial charge is 0.395 e. The van der Waals surface area contributed by atoms with Gasteiger partial charge in [0.15, 0.2) is 0 Å². The number of aliphatic hydroxyl groups is 1. The van der Waals surface area contributed by atoms with Gasteiger partial charge in [0.05, 0.1) is 19.2 Å². The molecule has 7 heteroatoms. The first-order valence-electron chi connectivity index (χ1n) is 8.20. The Bertz CT molecular complexity index is 645. The zero-order valence-corrected chi connectivity index (χ0v) is 14.6. The van der Waals surface area contributed by atoms with E-state index in [1.165, 1.54) is 5.56 Å². The minimum atomic E-state index is 0.142. The highest BCUT2D eigenvalue weighted by atomic mass is 35.5. The van der Waals surface area contributed by atoms with Crippen molar-refractivity contribution in [3.05, 3.63) is 53.1 Å². The molecule has 0 aliphatic carbocycles. The van der Waals surface area contributed by atoms with Gasteiger partial charge in [-0.1, -0.05) is 23.7 Å². The van der Waals surface area contributed by atoms with E-state index in [0.717, 1.165) is 30.5 Å². The summed E-state index contributed by atoms with van der Waals surface area (Å²) < 4.78 is 2.02. The van der Waals surface area contributed by atoms with Crippen LogP contribution in [-0.2, 0) is 13.6 Å². The van der Waals surface area contributed by atoms with E-state index in [9.17, 15) is 5.11 Å². The van der Waals surface area contributed by atoms with Gasteiger partial charge in [-0.3, -0.25) is 10.3 Å². The van der Waals surface area contributed by atoms with E-state index >= 15 is 0 Å². The zero-order chi connectivity index (χ0) is 16.9. The molecule has 1 aliphatic heterocycles. The fourth-order valence-corrected chi connectivity index (χ4v) is 3.31. The summed E-state index contributed by atoms with van der Waals surface area (Å²) in [7, 11) is 1.99. The van der Waals surface area contributed by atoms with Crippen LogP contribution in [0.15, 0.2) is 36.7 Å². The summed E-state index contributed by atoms with van der Waals surface area (Å²) in [5.74, 6) is 1.41. The Balaban J connectivity index is 1.68. The first kappa shape index (κ1) is 17.4. The molecule has 3 N–H and O–H groups in total. The third-order valence-electron chi connectivity index (χ3n) is 4.52. The summed E-state index contributed by atoms with van der Waals surface area (Å²) >= 11 is 5.99. The van der Waals surface area contributed by atoms with Crippen molar-refractivity contribution in [2.75, 3.05) is 26.2 Å². The fraction of sp³-hybridized carbons (Fsp3) is 0.471. The van der Waals surface area contributed by atoms with Gasteiger partial charge in [0.2, 0.25) is 0 Å². The summed E-state index contributed by atoms with van der Waals surface area (Å²) in [6.45, 7) is 3.27. The topological polar surface area (TPSA) is 65.4 Å². The summed E-state index contributed by atoms with van der Waals surface area (Å²) in [6.07, 6.45) is 3.75. The highest BCUT2D eigenvalue weighted by Gasteiger charge is 2.30. The number of rotatable bonds is 7. The Hall–Kier alpha value is -1.44. The van der Waals surface area contributed by atoms with E-state index in [2.05, 4.69) is 32.9 Å². The molecule has 130 valence electrons. The normalized spacial score (nSPS) is 20.8. The zero-order valence-electron chi connectivity index (χ0n) is 13.8. The average molecular weight is 350 g/mol. The lowest BCUT2D eigenvalue weighted by atomic mass is 9.94. The van der Waals surface area contributed by atoms with Gasteiger partial charge in [0.1, 0.15) is 5.82 Å². The second kappa shape index (κ2) is 8.09. The monoisotopic (exact) mass is 349 g/mol. The second-order valence-electron chi connectivity index (χ2n) is 6.23. The number of nitrogens with zero attached hydrogens (tertiary/aromatic N) is 3. The van der Waals surface area contributed by atoms with Gasteiger partial charge >= 0.3 is 0 Å². The van der Waals surface area contributed by atoms with Gasteiger partial charge in [0, 0.05) is 50.0 Å². The predicted octanol–water partition coefficient (Wildman–Crippen LogP) is 1.33. The SMILES string of the molecule is Cn1ccnc1CN(CCO)CC1CNNC1c1ccc(Cl)cc1. The number of hydrogen-bond acceptors (Lipinski definition) is 5. The molecule has 2 atom stereocenters. The van der Waals surface area contributed by atoms with Crippen LogP contribution in [0.1, 0.15) is 17.4 Å². The number of nitrogens with one attached hydrogen (secondary N) is 2. The smallest absolute Gasteiger partial charge is 0.122 e. The Morgan fingerprint density at radius 1 is 1.38 bits per heavy atom. The van der Waals surface area contributed by atoms with Crippen molar-refractivity contribution in [1.29, 1.82) is 0 Å². The second-order valence-corrected chi connectivity index (χ2v) is 6.66. The van der Waals surface area contributed by atoms with Gasteiger partial charge in [0.25, 0.3) is 0 Å². The van der Waals surface area contributed by atoms with E-state index in [1.54, 1.807) is 0 Å². The molecule has 3 rings (SSSR count). The van der Waals surface area contributed by atoms with Crippen LogP contribution in [-0.4, -0.2) is 45.8 Å². The van der Waals surface area contributed by atoms with Crippen LogP contribution in [0.25, 0.3) is 0 Å². The molecule has 24 heavy (non-hydrogen) atoms. The molecule has 0 spiro atoms. The van der Waals surface area contributed by atoms with Crippen molar-refractivity contribution >= 4 is 11.6 Å². The molecule has 1 saturated heterocycles. The van der Waals surface area contributed by atoms with Gasteiger partial charge in [-0.05, 0) is 17.7 Å². The van der Waals surface area contributed by atoms with E-state index < -0.39 is 0 Å². The molecule has 0 saturated carbocycles. The van der Waals surface area contributed by atoms with Gasteiger partial charge in [-0.2, -0.15) is 0 Å². The van der Waals surface area contributed by atoms with Gasteiger partial charge < -0.3 is 9.67 Å². The predicted molar refractivity (Wildman–Crippen MR) is 94.4 cm³/mol. The number of imidazole rings is 1. The average Bonchev–Trinajstić information content (AvgIpc) is 3.18. The molecule has 2 heterocycles. The molecule has 1 aromatic carbocycles. The number of aromatic nitrogens is 2. The maximum atomic E-state index is 9.41. The molecular weight excluding hydrogens is 326 g/mol. The number of hydrazine groups is 1. The van der Waals surface area contributed by atoms with Crippen LogP contribution in [0.3, 0.4) is 0 Å². The Morgan fingerprint density at radius 2 is 2.17 bits per heavy atom.